The van der Waals surface area contributed by atoms with E-state index in [1.165, 1.54) is 29.7 Å². The van der Waals surface area contributed by atoms with Crippen LogP contribution in [0.2, 0.25) is 0 Å². The van der Waals surface area contributed by atoms with Gasteiger partial charge in [0.2, 0.25) is 5.91 Å². The number of fused-ring (bicyclic) bond motifs is 1. The minimum atomic E-state index is 0.0993. The Labute approximate surface area is 161 Å². The molecule has 1 fully saturated rings. The molecular weight excluding hydrogens is 336 g/mol. The third-order valence-electron chi connectivity index (χ3n) is 5.82. The van der Waals surface area contributed by atoms with Crippen LogP contribution in [0.3, 0.4) is 0 Å². The van der Waals surface area contributed by atoms with Crippen LogP contribution in [-0.4, -0.2) is 26.1 Å². The molecular formula is C23H28N2O2. The van der Waals surface area contributed by atoms with Crippen molar-refractivity contribution < 1.29 is 9.53 Å². The molecule has 4 rings (SSSR count). The molecule has 0 bridgehead atoms. The van der Waals surface area contributed by atoms with Crippen LogP contribution in [0, 0.1) is 0 Å². The maximum atomic E-state index is 12.7. The SMILES string of the molecule is COc1ccc2c(c1)CCCC2CC(=O)Nc1cccc(N2CCCC2)c1. The average Bonchev–Trinajstić information content (AvgIpc) is 3.23. The van der Waals surface area contributed by atoms with E-state index in [9.17, 15) is 4.79 Å². The summed E-state index contributed by atoms with van der Waals surface area (Å²) in [5, 5.41) is 3.12. The van der Waals surface area contributed by atoms with Crippen LogP contribution in [0.25, 0.3) is 0 Å². The van der Waals surface area contributed by atoms with Crippen molar-refractivity contribution in [1.82, 2.24) is 0 Å². The van der Waals surface area contributed by atoms with E-state index in [0.717, 1.165) is 43.8 Å². The lowest BCUT2D eigenvalue weighted by atomic mass is 9.81. The van der Waals surface area contributed by atoms with E-state index < -0.39 is 0 Å². The molecule has 1 aliphatic carbocycles. The molecule has 1 atom stereocenters. The predicted molar refractivity (Wildman–Crippen MR) is 110 cm³/mol. The van der Waals surface area contributed by atoms with Crippen LogP contribution in [0.15, 0.2) is 42.5 Å². The zero-order valence-electron chi connectivity index (χ0n) is 16.0. The first-order chi connectivity index (χ1) is 13.2. The maximum Gasteiger partial charge on any atom is 0.224 e. The number of anilines is 2. The zero-order valence-corrected chi connectivity index (χ0v) is 16.0. The molecule has 1 heterocycles. The van der Waals surface area contributed by atoms with Crippen molar-refractivity contribution in [3.8, 4) is 5.75 Å². The summed E-state index contributed by atoms with van der Waals surface area (Å²) in [6, 6.07) is 14.5. The second kappa shape index (κ2) is 8.03. The Morgan fingerprint density at radius 1 is 1.15 bits per heavy atom. The van der Waals surface area contributed by atoms with Gasteiger partial charge in [0.1, 0.15) is 5.75 Å². The number of methoxy groups -OCH3 is 1. The van der Waals surface area contributed by atoms with Gasteiger partial charge in [-0.25, -0.2) is 0 Å². The first kappa shape index (κ1) is 17.9. The summed E-state index contributed by atoms with van der Waals surface area (Å²) in [6.07, 6.45) is 6.31. The normalized spacial score (nSPS) is 18.9. The van der Waals surface area contributed by atoms with Crippen molar-refractivity contribution in [2.24, 2.45) is 0 Å². The summed E-state index contributed by atoms with van der Waals surface area (Å²) >= 11 is 0. The summed E-state index contributed by atoms with van der Waals surface area (Å²) in [5.41, 5.74) is 4.74. The minimum Gasteiger partial charge on any atom is -0.497 e. The predicted octanol–water partition coefficient (Wildman–Crippen LogP) is 4.74. The first-order valence-electron chi connectivity index (χ1n) is 10.0. The number of carbonyl (C=O) groups excluding carboxylic acids is 1. The highest BCUT2D eigenvalue weighted by molar-refractivity contribution is 5.91. The molecule has 1 unspecified atom stereocenters. The number of rotatable bonds is 5. The lowest BCUT2D eigenvalue weighted by molar-refractivity contribution is -0.116. The summed E-state index contributed by atoms with van der Waals surface area (Å²) in [7, 11) is 1.70. The molecule has 142 valence electrons. The second-order valence-electron chi connectivity index (χ2n) is 7.65. The molecule has 2 aromatic rings. The number of ether oxygens (including phenoxy) is 1. The van der Waals surface area contributed by atoms with Crippen LogP contribution in [0.4, 0.5) is 11.4 Å². The number of carbonyl (C=O) groups is 1. The molecule has 4 nitrogen and oxygen atoms in total. The third-order valence-corrected chi connectivity index (χ3v) is 5.82. The smallest absolute Gasteiger partial charge is 0.224 e. The van der Waals surface area contributed by atoms with E-state index in [0.29, 0.717) is 12.3 Å². The number of aryl methyl sites for hydroxylation is 1. The number of nitrogens with one attached hydrogen (secondary N) is 1. The number of hydrogen-bond donors (Lipinski definition) is 1. The summed E-state index contributed by atoms with van der Waals surface area (Å²) in [6.45, 7) is 2.22. The average molecular weight is 364 g/mol. The van der Waals surface area contributed by atoms with E-state index in [1.807, 2.05) is 18.2 Å². The quantitative estimate of drug-likeness (QED) is 0.833. The molecule has 0 spiro atoms. The van der Waals surface area contributed by atoms with Gasteiger partial charge < -0.3 is 15.0 Å². The van der Waals surface area contributed by atoms with E-state index in [4.69, 9.17) is 4.74 Å². The van der Waals surface area contributed by atoms with Gasteiger partial charge in [0.05, 0.1) is 7.11 Å². The maximum absolute atomic E-state index is 12.7. The highest BCUT2D eigenvalue weighted by Gasteiger charge is 2.23. The molecule has 1 amide bonds. The van der Waals surface area contributed by atoms with Gasteiger partial charge in [-0.05, 0) is 79.5 Å². The monoisotopic (exact) mass is 364 g/mol. The Bertz CT molecular complexity index is 812. The van der Waals surface area contributed by atoms with E-state index in [1.54, 1.807) is 7.11 Å². The van der Waals surface area contributed by atoms with Crippen molar-refractivity contribution in [1.29, 1.82) is 0 Å². The van der Waals surface area contributed by atoms with E-state index in [-0.39, 0.29) is 5.91 Å². The molecule has 1 N–H and O–H groups in total. The minimum absolute atomic E-state index is 0.0993. The topological polar surface area (TPSA) is 41.6 Å². The van der Waals surface area contributed by atoms with Crippen LogP contribution in [-0.2, 0) is 11.2 Å². The highest BCUT2D eigenvalue weighted by atomic mass is 16.5. The molecule has 0 saturated carbocycles. The molecule has 0 aromatic heterocycles. The third kappa shape index (κ3) is 4.10. The number of nitrogens with zero attached hydrogens (tertiary/aromatic N) is 1. The Hall–Kier alpha value is -2.49. The van der Waals surface area contributed by atoms with Gasteiger partial charge in [-0.2, -0.15) is 0 Å². The molecule has 1 aliphatic heterocycles. The van der Waals surface area contributed by atoms with Gasteiger partial charge >= 0.3 is 0 Å². The molecule has 4 heteroatoms. The fourth-order valence-electron chi connectivity index (χ4n) is 4.42. The van der Waals surface area contributed by atoms with Crippen molar-refractivity contribution in [3.63, 3.8) is 0 Å². The number of amides is 1. The molecule has 2 aliphatic rings. The van der Waals surface area contributed by atoms with Crippen LogP contribution < -0.4 is 15.0 Å². The summed E-state index contributed by atoms with van der Waals surface area (Å²) in [4.78, 5) is 15.1. The molecule has 2 aromatic carbocycles. The Morgan fingerprint density at radius 2 is 2.00 bits per heavy atom. The van der Waals surface area contributed by atoms with Crippen molar-refractivity contribution in [2.75, 3.05) is 30.4 Å². The lowest BCUT2D eigenvalue weighted by Crippen LogP contribution is -2.20. The first-order valence-corrected chi connectivity index (χ1v) is 10.0. The van der Waals surface area contributed by atoms with Crippen molar-refractivity contribution in [3.05, 3.63) is 53.6 Å². The number of hydrogen-bond acceptors (Lipinski definition) is 3. The Morgan fingerprint density at radius 3 is 2.81 bits per heavy atom. The van der Waals surface area contributed by atoms with Crippen LogP contribution >= 0.6 is 0 Å². The van der Waals surface area contributed by atoms with Gasteiger partial charge in [-0.1, -0.05) is 12.1 Å². The molecule has 0 radical (unpaired) electrons. The Balaban J connectivity index is 1.42. The molecule has 27 heavy (non-hydrogen) atoms. The summed E-state index contributed by atoms with van der Waals surface area (Å²) in [5.74, 6) is 1.29. The fraction of sp³-hybridized carbons (Fsp3) is 0.435. The fourth-order valence-corrected chi connectivity index (χ4v) is 4.42. The second-order valence-corrected chi connectivity index (χ2v) is 7.65. The van der Waals surface area contributed by atoms with Gasteiger partial charge in [-0.3, -0.25) is 4.79 Å². The standard InChI is InChI=1S/C23H28N2O2/c1-27-21-10-11-22-17(14-21)6-4-7-18(22)15-23(26)24-19-8-5-9-20(16-19)25-12-2-3-13-25/h5,8-11,14,16,18H,2-4,6-7,12-13,15H2,1H3,(H,24,26). The number of benzene rings is 2. The lowest BCUT2D eigenvalue weighted by Gasteiger charge is -2.25. The zero-order chi connectivity index (χ0) is 18.6. The van der Waals surface area contributed by atoms with Gasteiger partial charge in [0, 0.05) is 30.9 Å². The van der Waals surface area contributed by atoms with E-state index in [2.05, 4.69) is 34.5 Å². The van der Waals surface area contributed by atoms with Crippen LogP contribution in [0.5, 0.6) is 5.75 Å². The molecule has 1 saturated heterocycles. The highest BCUT2D eigenvalue weighted by Crippen LogP contribution is 2.36. The van der Waals surface area contributed by atoms with Gasteiger partial charge in [0.25, 0.3) is 0 Å². The van der Waals surface area contributed by atoms with Gasteiger partial charge in [-0.15, -0.1) is 0 Å². The summed E-state index contributed by atoms with van der Waals surface area (Å²) < 4.78 is 5.35. The Kier molecular flexibility index (Phi) is 5.33. The van der Waals surface area contributed by atoms with Crippen LogP contribution in [0.1, 0.15) is 49.1 Å². The van der Waals surface area contributed by atoms with Gasteiger partial charge in [0.15, 0.2) is 0 Å². The largest absolute Gasteiger partial charge is 0.497 e. The van der Waals surface area contributed by atoms with Crippen molar-refractivity contribution >= 4 is 17.3 Å². The van der Waals surface area contributed by atoms with E-state index >= 15 is 0 Å². The van der Waals surface area contributed by atoms with Crippen molar-refractivity contribution in [2.45, 2.75) is 44.4 Å².